The number of benzene rings is 2. The number of carbonyl (C=O) groups excluding carboxylic acids is 3. The largest absolute Gasteiger partial charge is 0.416 e. The average Bonchev–Trinajstić information content (AvgIpc) is 2.75. The predicted octanol–water partition coefficient (Wildman–Crippen LogP) is 3.71. The van der Waals surface area contributed by atoms with Gasteiger partial charge in [0.05, 0.1) is 11.6 Å². The van der Waals surface area contributed by atoms with Crippen LogP contribution < -0.4 is 10.6 Å². The van der Waals surface area contributed by atoms with E-state index >= 15 is 0 Å². The lowest BCUT2D eigenvalue weighted by Crippen LogP contribution is -2.52. The molecule has 0 aliphatic heterocycles. The van der Waals surface area contributed by atoms with Gasteiger partial charge in [-0.1, -0.05) is 62.4 Å². The van der Waals surface area contributed by atoms with Crippen LogP contribution in [0.4, 0.5) is 13.2 Å². The van der Waals surface area contributed by atoms with Crippen molar-refractivity contribution in [2.24, 2.45) is 5.92 Å². The molecule has 172 valence electrons. The lowest BCUT2D eigenvalue weighted by atomic mass is 10.0. The minimum absolute atomic E-state index is 0.0705. The first kappa shape index (κ1) is 25.1. The first-order valence-corrected chi connectivity index (χ1v) is 10.3. The van der Waals surface area contributed by atoms with E-state index in [1.54, 1.807) is 13.8 Å². The van der Waals surface area contributed by atoms with Gasteiger partial charge in [-0.05, 0) is 36.0 Å². The number of nitrogens with one attached hydrogen (secondary N) is 2. The monoisotopic (exact) mass is 448 g/mol. The summed E-state index contributed by atoms with van der Waals surface area (Å²) in [6, 6.07) is 12.4. The lowest BCUT2D eigenvalue weighted by molar-refractivity contribution is -0.137. The molecule has 0 aromatic heterocycles. The maximum Gasteiger partial charge on any atom is 0.416 e. The van der Waals surface area contributed by atoms with Gasteiger partial charge in [0.1, 0.15) is 12.3 Å². The van der Waals surface area contributed by atoms with E-state index < -0.39 is 35.6 Å². The Morgan fingerprint density at radius 2 is 1.62 bits per heavy atom. The molecule has 0 heterocycles. The number of amides is 2. The summed E-state index contributed by atoms with van der Waals surface area (Å²) in [5.74, 6) is -1.20. The van der Waals surface area contributed by atoms with Gasteiger partial charge in [-0.2, -0.15) is 13.2 Å². The molecule has 8 heteroatoms. The molecule has 2 aromatic carbocycles. The van der Waals surface area contributed by atoms with E-state index in [2.05, 4.69) is 10.6 Å². The molecule has 0 aliphatic rings. The predicted molar refractivity (Wildman–Crippen MR) is 115 cm³/mol. The molecule has 0 saturated carbocycles. The second-order valence-electron chi connectivity index (χ2n) is 7.93. The van der Waals surface area contributed by atoms with E-state index in [1.165, 1.54) is 12.1 Å². The normalized spacial score (nSPS) is 13.3. The van der Waals surface area contributed by atoms with Gasteiger partial charge < -0.3 is 15.4 Å². The molecule has 0 aliphatic carbocycles. The maximum atomic E-state index is 12.8. The van der Waals surface area contributed by atoms with Gasteiger partial charge >= 0.3 is 6.18 Å². The Bertz CT molecular complexity index is 914. The Kier molecular flexibility index (Phi) is 8.99. The molecule has 0 saturated heterocycles. The minimum Gasteiger partial charge on any atom is -0.344 e. The standard InChI is InChI=1S/C24H27F3N2O3/c1-16(2)22(23(32)28-20(15-30)14-17-7-4-3-5-8-17)29-21(31)12-11-18-9-6-10-19(13-18)24(25,26)27/h3-10,13,15-16,20,22H,11-12,14H2,1-2H3,(H,28,32)(H,29,31)/t20?,22-/m0/s1. The SMILES string of the molecule is CC(C)[C@H](NC(=O)CCc1cccc(C(F)(F)F)c1)C(=O)NC(C=O)Cc1ccccc1. The molecule has 0 bridgehead atoms. The first-order chi connectivity index (χ1) is 15.1. The summed E-state index contributed by atoms with van der Waals surface area (Å²) in [5, 5.41) is 5.29. The van der Waals surface area contributed by atoms with Crippen LogP contribution in [0.3, 0.4) is 0 Å². The Balaban J connectivity index is 1.94. The first-order valence-electron chi connectivity index (χ1n) is 10.3. The third-order valence-corrected chi connectivity index (χ3v) is 4.95. The van der Waals surface area contributed by atoms with E-state index in [4.69, 9.17) is 0 Å². The summed E-state index contributed by atoms with van der Waals surface area (Å²) in [6.07, 6.45) is -3.44. The van der Waals surface area contributed by atoms with E-state index in [0.29, 0.717) is 18.3 Å². The number of aryl methyl sites for hydroxylation is 1. The van der Waals surface area contributed by atoms with Crippen molar-refractivity contribution in [1.82, 2.24) is 10.6 Å². The Morgan fingerprint density at radius 1 is 0.969 bits per heavy atom. The number of aldehydes is 1. The van der Waals surface area contributed by atoms with E-state index in [0.717, 1.165) is 17.7 Å². The summed E-state index contributed by atoms with van der Waals surface area (Å²) in [5.41, 5.74) is 0.494. The van der Waals surface area contributed by atoms with Gasteiger partial charge in [0.15, 0.2) is 0 Å². The third-order valence-electron chi connectivity index (χ3n) is 4.95. The Labute approximate surface area is 185 Å². The molecule has 2 rings (SSSR count). The summed E-state index contributed by atoms with van der Waals surface area (Å²) >= 11 is 0. The van der Waals surface area contributed by atoms with Crippen molar-refractivity contribution in [3.63, 3.8) is 0 Å². The summed E-state index contributed by atoms with van der Waals surface area (Å²) in [4.78, 5) is 36.5. The number of hydrogen-bond donors (Lipinski definition) is 2. The number of carbonyl (C=O) groups is 3. The van der Waals surface area contributed by atoms with Crippen LogP contribution in [0, 0.1) is 5.92 Å². The number of alkyl halides is 3. The second kappa shape index (κ2) is 11.5. The van der Waals surface area contributed by atoms with Gasteiger partial charge in [-0.15, -0.1) is 0 Å². The molecule has 32 heavy (non-hydrogen) atoms. The highest BCUT2D eigenvalue weighted by Crippen LogP contribution is 2.29. The van der Waals surface area contributed by atoms with Crippen LogP contribution >= 0.6 is 0 Å². The smallest absolute Gasteiger partial charge is 0.344 e. The van der Waals surface area contributed by atoms with Gasteiger partial charge in [0, 0.05) is 6.42 Å². The van der Waals surface area contributed by atoms with Crippen molar-refractivity contribution in [2.75, 3.05) is 0 Å². The van der Waals surface area contributed by atoms with Crippen molar-refractivity contribution < 1.29 is 27.6 Å². The van der Waals surface area contributed by atoms with Gasteiger partial charge in [-0.25, -0.2) is 0 Å². The molecule has 2 N–H and O–H groups in total. The minimum atomic E-state index is -4.45. The molecule has 0 fully saturated rings. The topological polar surface area (TPSA) is 75.3 Å². The van der Waals surface area contributed by atoms with Crippen LogP contribution in [-0.4, -0.2) is 30.2 Å². The summed E-state index contributed by atoms with van der Waals surface area (Å²) in [6.45, 7) is 3.51. The quantitative estimate of drug-likeness (QED) is 0.544. The van der Waals surface area contributed by atoms with Gasteiger partial charge in [0.25, 0.3) is 0 Å². The zero-order chi connectivity index (χ0) is 23.7. The fourth-order valence-corrected chi connectivity index (χ4v) is 3.22. The molecule has 2 amide bonds. The molecule has 0 spiro atoms. The number of rotatable bonds is 10. The maximum absolute atomic E-state index is 12.8. The van der Waals surface area contributed by atoms with Crippen molar-refractivity contribution in [1.29, 1.82) is 0 Å². The highest BCUT2D eigenvalue weighted by Gasteiger charge is 2.30. The van der Waals surface area contributed by atoms with E-state index in [1.807, 2.05) is 30.3 Å². The van der Waals surface area contributed by atoms with Crippen molar-refractivity contribution in [3.05, 3.63) is 71.3 Å². The van der Waals surface area contributed by atoms with Gasteiger partial charge in [-0.3, -0.25) is 9.59 Å². The molecule has 2 atom stereocenters. The molecular weight excluding hydrogens is 421 g/mol. The molecule has 5 nitrogen and oxygen atoms in total. The Hall–Kier alpha value is -3.16. The summed E-state index contributed by atoms with van der Waals surface area (Å²) in [7, 11) is 0. The molecule has 2 aromatic rings. The van der Waals surface area contributed by atoms with Crippen LogP contribution in [0.15, 0.2) is 54.6 Å². The molecule has 0 radical (unpaired) electrons. The Morgan fingerprint density at radius 3 is 2.22 bits per heavy atom. The molecule has 1 unspecified atom stereocenters. The van der Waals surface area contributed by atoms with Crippen LogP contribution in [0.25, 0.3) is 0 Å². The van der Waals surface area contributed by atoms with Crippen molar-refractivity contribution in [2.45, 2.75) is 51.4 Å². The van der Waals surface area contributed by atoms with Crippen molar-refractivity contribution in [3.8, 4) is 0 Å². The second-order valence-corrected chi connectivity index (χ2v) is 7.93. The fourth-order valence-electron chi connectivity index (χ4n) is 3.22. The highest BCUT2D eigenvalue weighted by molar-refractivity contribution is 5.89. The third kappa shape index (κ3) is 7.83. The molecular formula is C24H27F3N2O3. The number of hydrogen-bond acceptors (Lipinski definition) is 3. The van der Waals surface area contributed by atoms with Crippen LogP contribution in [0.5, 0.6) is 0 Å². The average molecular weight is 448 g/mol. The van der Waals surface area contributed by atoms with Crippen LogP contribution in [-0.2, 0) is 33.4 Å². The number of halogens is 3. The van der Waals surface area contributed by atoms with Crippen LogP contribution in [0.2, 0.25) is 0 Å². The van der Waals surface area contributed by atoms with E-state index in [9.17, 15) is 27.6 Å². The zero-order valence-corrected chi connectivity index (χ0v) is 18.0. The van der Waals surface area contributed by atoms with E-state index in [-0.39, 0.29) is 18.8 Å². The lowest BCUT2D eigenvalue weighted by Gasteiger charge is -2.23. The zero-order valence-electron chi connectivity index (χ0n) is 18.0. The van der Waals surface area contributed by atoms with Gasteiger partial charge in [0.2, 0.25) is 11.8 Å². The van der Waals surface area contributed by atoms with Crippen LogP contribution in [0.1, 0.15) is 37.0 Å². The van der Waals surface area contributed by atoms with Crippen molar-refractivity contribution >= 4 is 18.1 Å². The highest BCUT2D eigenvalue weighted by atomic mass is 19.4. The fraction of sp³-hybridized carbons (Fsp3) is 0.375. The summed E-state index contributed by atoms with van der Waals surface area (Å²) < 4.78 is 38.5.